The fraction of sp³-hybridized carbons (Fsp3) is 0.105. The topological polar surface area (TPSA) is 103 Å². The summed E-state index contributed by atoms with van der Waals surface area (Å²) in [5.74, 6) is -0.505. The van der Waals surface area contributed by atoms with Crippen LogP contribution in [-0.2, 0) is 9.53 Å². The molecule has 1 N–H and O–H groups in total. The molecular formula is C19H14N4O4S. The maximum atomic E-state index is 12.1. The van der Waals surface area contributed by atoms with E-state index >= 15 is 0 Å². The maximum absolute atomic E-state index is 12.1. The van der Waals surface area contributed by atoms with Crippen LogP contribution < -0.4 is 10.1 Å². The van der Waals surface area contributed by atoms with Crippen LogP contribution in [0.2, 0.25) is 0 Å². The molecule has 0 radical (unpaired) electrons. The minimum atomic E-state index is -0.720. The standard InChI is InChI=1S/C19H14N4O4S/c1-26-11-6-7-14-16(8-11)28-19(22-14)23-17(24)10-27-18(25)15-9-20-12-4-2-3-5-13(12)21-15/h2-9H,10H2,1H3,(H,22,23,24). The van der Waals surface area contributed by atoms with Gasteiger partial charge in [-0.25, -0.2) is 14.8 Å². The zero-order valence-corrected chi connectivity index (χ0v) is 15.5. The summed E-state index contributed by atoms with van der Waals surface area (Å²) in [6, 6.07) is 12.6. The molecule has 28 heavy (non-hydrogen) atoms. The van der Waals surface area contributed by atoms with Crippen LogP contribution in [0.3, 0.4) is 0 Å². The predicted molar refractivity (Wildman–Crippen MR) is 105 cm³/mol. The van der Waals surface area contributed by atoms with E-state index in [0.717, 1.165) is 10.2 Å². The fourth-order valence-corrected chi connectivity index (χ4v) is 3.41. The lowest BCUT2D eigenvalue weighted by molar-refractivity contribution is -0.119. The highest BCUT2D eigenvalue weighted by atomic mass is 32.1. The number of amides is 1. The van der Waals surface area contributed by atoms with Crippen LogP contribution in [0, 0.1) is 0 Å². The SMILES string of the molecule is COc1ccc2nc(NC(=O)COC(=O)c3cnc4ccccc4n3)sc2c1. The first kappa shape index (κ1) is 17.8. The Labute approximate surface area is 163 Å². The van der Waals surface area contributed by atoms with Gasteiger partial charge in [0.05, 0.1) is 34.6 Å². The second kappa shape index (κ2) is 7.57. The Morgan fingerprint density at radius 2 is 1.89 bits per heavy atom. The summed E-state index contributed by atoms with van der Waals surface area (Å²) in [5.41, 5.74) is 2.03. The Kier molecular flexibility index (Phi) is 4.81. The van der Waals surface area contributed by atoms with Gasteiger partial charge in [-0.3, -0.25) is 15.1 Å². The molecule has 0 aliphatic heterocycles. The number of anilines is 1. The number of fused-ring (bicyclic) bond motifs is 2. The molecule has 0 spiro atoms. The number of rotatable bonds is 5. The molecule has 2 heterocycles. The molecule has 1 amide bonds. The van der Waals surface area contributed by atoms with Crippen molar-refractivity contribution in [2.45, 2.75) is 0 Å². The molecule has 0 saturated heterocycles. The van der Waals surface area contributed by atoms with Gasteiger partial charge in [-0.15, -0.1) is 0 Å². The summed E-state index contributed by atoms with van der Waals surface area (Å²) in [5, 5.41) is 3.03. The van der Waals surface area contributed by atoms with Crippen LogP contribution in [0.4, 0.5) is 5.13 Å². The molecule has 0 saturated carbocycles. The molecule has 9 heteroatoms. The van der Waals surface area contributed by atoms with E-state index in [1.807, 2.05) is 12.1 Å². The van der Waals surface area contributed by atoms with Gasteiger partial charge in [-0.05, 0) is 30.3 Å². The van der Waals surface area contributed by atoms with Gasteiger partial charge >= 0.3 is 5.97 Å². The first-order chi connectivity index (χ1) is 13.6. The molecule has 2 aromatic carbocycles. The Morgan fingerprint density at radius 1 is 1.07 bits per heavy atom. The van der Waals surface area contributed by atoms with E-state index < -0.39 is 18.5 Å². The fourth-order valence-electron chi connectivity index (χ4n) is 2.50. The van der Waals surface area contributed by atoms with Gasteiger partial charge in [-0.2, -0.15) is 0 Å². The van der Waals surface area contributed by atoms with Crippen molar-refractivity contribution in [2.75, 3.05) is 19.0 Å². The van der Waals surface area contributed by atoms with E-state index in [1.165, 1.54) is 17.5 Å². The van der Waals surface area contributed by atoms with E-state index in [4.69, 9.17) is 9.47 Å². The Bertz CT molecular complexity index is 1190. The molecule has 0 aliphatic carbocycles. The number of methoxy groups -OCH3 is 1. The number of ether oxygens (including phenoxy) is 2. The first-order valence-corrected chi connectivity index (χ1v) is 9.07. The van der Waals surface area contributed by atoms with E-state index in [-0.39, 0.29) is 5.69 Å². The van der Waals surface area contributed by atoms with Crippen LogP contribution in [0.5, 0.6) is 5.75 Å². The highest BCUT2D eigenvalue weighted by Gasteiger charge is 2.14. The van der Waals surface area contributed by atoms with Crippen molar-refractivity contribution >= 4 is 49.6 Å². The first-order valence-electron chi connectivity index (χ1n) is 8.26. The summed E-state index contributed by atoms with van der Waals surface area (Å²) in [6.45, 7) is -0.452. The van der Waals surface area contributed by atoms with Crippen molar-refractivity contribution in [3.63, 3.8) is 0 Å². The lowest BCUT2D eigenvalue weighted by Gasteiger charge is -2.04. The lowest BCUT2D eigenvalue weighted by Crippen LogP contribution is -2.21. The third-order valence-electron chi connectivity index (χ3n) is 3.83. The van der Waals surface area contributed by atoms with Gasteiger partial charge in [0.15, 0.2) is 17.4 Å². The van der Waals surface area contributed by atoms with Crippen LogP contribution in [0.25, 0.3) is 21.3 Å². The third kappa shape index (κ3) is 3.74. The number of para-hydroxylation sites is 2. The third-order valence-corrected chi connectivity index (χ3v) is 4.77. The monoisotopic (exact) mass is 394 g/mol. The number of nitrogens with one attached hydrogen (secondary N) is 1. The number of esters is 1. The predicted octanol–water partition coefficient (Wildman–Crippen LogP) is 3.04. The molecular weight excluding hydrogens is 380 g/mol. The number of hydrogen-bond acceptors (Lipinski definition) is 8. The average Bonchev–Trinajstić information content (AvgIpc) is 3.12. The smallest absolute Gasteiger partial charge is 0.359 e. The normalized spacial score (nSPS) is 10.8. The van der Waals surface area contributed by atoms with Crippen molar-refractivity contribution in [1.29, 1.82) is 0 Å². The van der Waals surface area contributed by atoms with Crippen molar-refractivity contribution in [2.24, 2.45) is 0 Å². The van der Waals surface area contributed by atoms with Gasteiger partial charge in [0.1, 0.15) is 5.75 Å². The van der Waals surface area contributed by atoms with Gasteiger partial charge in [0.2, 0.25) is 0 Å². The number of thiazole rings is 1. The molecule has 0 aliphatic rings. The largest absolute Gasteiger partial charge is 0.497 e. The van der Waals surface area contributed by atoms with Crippen molar-refractivity contribution in [1.82, 2.24) is 15.0 Å². The molecule has 140 valence electrons. The van der Waals surface area contributed by atoms with Crippen molar-refractivity contribution in [3.05, 3.63) is 54.4 Å². The van der Waals surface area contributed by atoms with Gasteiger partial charge in [0, 0.05) is 0 Å². The minimum absolute atomic E-state index is 0.0404. The number of carbonyl (C=O) groups is 2. The summed E-state index contributed by atoms with van der Waals surface area (Å²) in [7, 11) is 1.58. The van der Waals surface area contributed by atoms with E-state index in [0.29, 0.717) is 21.9 Å². The average molecular weight is 394 g/mol. The highest BCUT2D eigenvalue weighted by Crippen LogP contribution is 2.29. The van der Waals surface area contributed by atoms with E-state index in [2.05, 4.69) is 20.3 Å². The zero-order valence-electron chi connectivity index (χ0n) is 14.7. The molecule has 8 nitrogen and oxygen atoms in total. The molecule has 0 unspecified atom stereocenters. The minimum Gasteiger partial charge on any atom is -0.497 e. The Hall–Kier alpha value is -3.59. The summed E-state index contributed by atoms with van der Waals surface area (Å²) in [4.78, 5) is 36.9. The molecule has 2 aromatic heterocycles. The number of aromatic nitrogens is 3. The molecule has 4 aromatic rings. The van der Waals surface area contributed by atoms with Crippen molar-refractivity contribution < 1.29 is 19.1 Å². The van der Waals surface area contributed by atoms with E-state index in [9.17, 15) is 9.59 Å². The quantitative estimate of drug-likeness (QED) is 0.519. The maximum Gasteiger partial charge on any atom is 0.359 e. The summed E-state index contributed by atoms with van der Waals surface area (Å²) >= 11 is 1.30. The highest BCUT2D eigenvalue weighted by molar-refractivity contribution is 7.22. The Morgan fingerprint density at radius 3 is 2.71 bits per heavy atom. The van der Waals surface area contributed by atoms with Gasteiger partial charge in [-0.1, -0.05) is 23.5 Å². The summed E-state index contributed by atoms with van der Waals surface area (Å²) in [6.07, 6.45) is 1.32. The van der Waals surface area contributed by atoms with Crippen LogP contribution in [0.15, 0.2) is 48.7 Å². The summed E-state index contributed by atoms with van der Waals surface area (Å²) < 4.78 is 11.1. The zero-order chi connectivity index (χ0) is 19.5. The molecule has 0 atom stereocenters. The van der Waals surface area contributed by atoms with Crippen LogP contribution >= 0.6 is 11.3 Å². The second-order valence-corrected chi connectivity index (χ2v) is 6.75. The Balaban J connectivity index is 1.38. The molecule has 0 bridgehead atoms. The van der Waals surface area contributed by atoms with Crippen LogP contribution in [0.1, 0.15) is 10.5 Å². The number of carbonyl (C=O) groups excluding carboxylic acids is 2. The second-order valence-electron chi connectivity index (χ2n) is 5.72. The van der Waals surface area contributed by atoms with Gasteiger partial charge < -0.3 is 9.47 Å². The van der Waals surface area contributed by atoms with E-state index in [1.54, 1.807) is 37.4 Å². The number of hydrogen-bond donors (Lipinski definition) is 1. The van der Waals surface area contributed by atoms with Crippen molar-refractivity contribution in [3.8, 4) is 5.75 Å². The number of benzene rings is 2. The lowest BCUT2D eigenvalue weighted by atomic mass is 10.3. The molecule has 4 rings (SSSR count). The number of nitrogens with zero attached hydrogens (tertiary/aromatic N) is 3. The van der Waals surface area contributed by atoms with Gasteiger partial charge in [0.25, 0.3) is 5.91 Å². The molecule has 0 fully saturated rings. The van der Waals surface area contributed by atoms with Crippen LogP contribution in [-0.4, -0.2) is 40.5 Å².